The van der Waals surface area contributed by atoms with E-state index in [9.17, 15) is 9.59 Å². The smallest absolute Gasteiger partial charge is 0.259 e. The van der Waals surface area contributed by atoms with Crippen molar-refractivity contribution >= 4 is 27.5 Å². The number of carbonyl (C=O) groups excluding carboxylic acids is 1. The molecule has 0 atom stereocenters. The van der Waals surface area contributed by atoms with E-state index in [-0.39, 0.29) is 11.5 Å². The number of fused-ring (bicyclic) bond motifs is 3. The van der Waals surface area contributed by atoms with Gasteiger partial charge in [-0.1, -0.05) is 13.8 Å². The van der Waals surface area contributed by atoms with Crippen LogP contribution in [0.25, 0.3) is 10.2 Å². The number of aromatic amines is 1. The highest BCUT2D eigenvalue weighted by Crippen LogP contribution is 2.33. The Morgan fingerprint density at radius 2 is 2.04 bits per heavy atom. The zero-order valence-corrected chi connectivity index (χ0v) is 16.5. The molecule has 0 saturated heterocycles. The minimum absolute atomic E-state index is 0.00498. The maximum absolute atomic E-state index is 12.5. The average Bonchev–Trinajstić information content (AvgIpc) is 3.02. The van der Waals surface area contributed by atoms with Crippen molar-refractivity contribution in [1.29, 1.82) is 0 Å². The number of aryl methyl sites for hydroxylation is 3. The van der Waals surface area contributed by atoms with Crippen LogP contribution >= 0.6 is 11.3 Å². The summed E-state index contributed by atoms with van der Waals surface area (Å²) in [5, 5.41) is 3.72. The first-order valence-corrected chi connectivity index (χ1v) is 10.5. The van der Waals surface area contributed by atoms with Gasteiger partial charge in [-0.25, -0.2) is 4.98 Å². The van der Waals surface area contributed by atoms with Crippen molar-refractivity contribution in [2.24, 2.45) is 0 Å². The highest BCUT2D eigenvalue weighted by molar-refractivity contribution is 7.18. The van der Waals surface area contributed by atoms with Crippen molar-refractivity contribution in [1.82, 2.24) is 20.2 Å². The molecule has 0 saturated carbocycles. The molecule has 6 nitrogen and oxygen atoms in total. The first-order chi connectivity index (χ1) is 12.6. The van der Waals surface area contributed by atoms with Gasteiger partial charge in [-0.2, -0.15) is 0 Å². The number of hydrogen-bond acceptors (Lipinski definition) is 5. The summed E-state index contributed by atoms with van der Waals surface area (Å²) in [6.45, 7) is 7.73. The molecule has 0 unspecified atom stereocenters. The van der Waals surface area contributed by atoms with Crippen molar-refractivity contribution < 1.29 is 4.79 Å². The quantitative estimate of drug-likeness (QED) is 0.741. The number of hydrogen-bond donors (Lipinski definition) is 2. The van der Waals surface area contributed by atoms with E-state index >= 15 is 0 Å². The molecule has 142 valence electrons. The Balaban J connectivity index is 1.59. The molecule has 0 fully saturated rings. The highest BCUT2D eigenvalue weighted by Gasteiger charge is 2.19. The molecule has 1 aliphatic carbocycles. The standard InChI is InChI=1S/C19H28N4O2S/c1-3-23(4-2)12-11-20-16(24)10-9-15-21-18(25)17-13-7-5-6-8-14(13)26-19(17)22-15/h3-12H2,1-2H3,(H,20,24)(H,21,22,25). The Bertz CT molecular complexity index is 823. The van der Waals surface area contributed by atoms with Gasteiger partial charge in [0.2, 0.25) is 5.91 Å². The SMILES string of the molecule is CCN(CC)CCNC(=O)CCc1nc2sc3c(c2c(=O)[nH]1)CCCC3. The van der Waals surface area contributed by atoms with E-state index in [1.165, 1.54) is 16.9 Å². The van der Waals surface area contributed by atoms with E-state index < -0.39 is 0 Å². The Labute approximate surface area is 158 Å². The van der Waals surface area contributed by atoms with Crippen LogP contribution < -0.4 is 10.9 Å². The van der Waals surface area contributed by atoms with Crippen molar-refractivity contribution in [3.05, 3.63) is 26.6 Å². The predicted molar refractivity (Wildman–Crippen MR) is 106 cm³/mol. The van der Waals surface area contributed by atoms with E-state index in [1.807, 2.05) is 0 Å². The summed E-state index contributed by atoms with van der Waals surface area (Å²) >= 11 is 1.65. The fraction of sp³-hybridized carbons (Fsp3) is 0.632. The third-order valence-corrected chi connectivity index (χ3v) is 6.29. The number of nitrogens with zero attached hydrogens (tertiary/aromatic N) is 2. The van der Waals surface area contributed by atoms with Gasteiger partial charge in [0, 0.05) is 30.8 Å². The third-order valence-electron chi connectivity index (χ3n) is 5.11. The normalized spacial score (nSPS) is 14.0. The van der Waals surface area contributed by atoms with Gasteiger partial charge >= 0.3 is 0 Å². The molecule has 1 aliphatic rings. The van der Waals surface area contributed by atoms with E-state index in [0.29, 0.717) is 25.2 Å². The van der Waals surface area contributed by atoms with Crippen LogP contribution in [-0.2, 0) is 24.1 Å². The van der Waals surface area contributed by atoms with Gasteiger partial charge in [-0.15, -0.1) is 11.3 Å². The van der Waals surface area contributed by atoms with Crippen LogP contribution in [0.2, 0.25) is 0 Å². The molecule has 2 N–H and O–H groups in total. The number of likely N-dealkylation sites (N-methyl/N-ethyl adjacent to an activating group) is 1. The summed E-state index contributed by atoms with van der Waals surface area (Å²) in [6.07, 6.45) is 5.18. The van der Waals surface area contributed by atoms with Crippen molar-refractivity contribution in [3.63, 3.8) is 0 Å². The largest absolute Gasteiger partial charge is 0.355 e. The van der Waals surface area contributed by atoms with Gasteiger partial charge in [0.05, 0.1) is 5.39 Å². The van der Waals surface area contributed by atoms with Crippen LogP contribution in [0, 0.1) is 0 Å². The molecule has 0 bridgehead atoms. The molecule has 1 amide bonds. The number of H-pyrrole nitrogens is 1. The van der Waals surface area contributed by atoms with Crippen LogP contribution in [0.1, 0.15) is 49.4 Å². The Kier molecular flexibility index (Phi) is 6.43. The van der Waals surface area contributed by atoms with Crippen molar-refractivity contribution in [2.75, 3.05) is 26.2 Å². The molecule has 2 aromatic rings. The summed E-state index contributed by atoms with van der Waals surface area (Å²) in [6, 6.07) is 0. The van der Waals surface area contributed by atoms with Crippen LogP contribution in [0.5, 0.6) is 0 Å². The molecule has 0 aromatic carbocycles. The Hall–Kier alpha value is -1.73. The summed E-state index contributed by atoms with van der Waals surface area (Å²) in [4.78, 5) is 36.5. The van der Waals surface area contributed by atoms with E-state index in [0.717, 1.165) is 49.1 Å². The first-order valence-electron chi connectivity index (χ1n) is 9.64. The number of thiophene rings is 1. The van der Waals surface area contributed by atoms with Gasteiger partial charge in [-0.3, -0.25) is 9.59 Å². The molecule has 26 heavy (non-hydrogen) atoms. The van der Waals surface area contributed by atoms with Crippen molar-refractivity contribution in [2.45, 2.75) is 52.4 Å². The van der Waals surface area contributed by atoms with Crippen LogP contribution in [0.4, 0.5) is 0 Å². The zero-order chi connectivity index (χ0) is 18.5. The van der Waals surface area contributed by atoms with Gasteiger partial charge in [-0.05, 0) is 44.3 Å². The topological polar surface area (TPSA) is 78.1 Å². The van der Waals surface area contributed by atoms with E-state index in [2.05, 4.69) is 34.0 Å². The van der Waals surface area contributed by atoms with Gasteiger partial charge in [0.1, 0.15) is 10.7 Å². The number of nitrogens with one attached hydrogen (secondary N) is 2. The fourth-order valence-corrected chi connectivity index (χ4v) is 4.82. The van der Waals surface area contributed by atoms with Crippen LogP contribution in [0.15, 0.2) is 4.79 Å². The second-order valence-electron chi connectivity index (χ2n) is 6.78. The van der Waals surface area contributed by atoms with Gasteiger partial charge in [0.15, 0.2) is 0 Å². The molecular formula is C19H28N4O2S. The van der Waals surface area contributed by atoms with Crippen LogP contribution in [0.3, 0.4) is 0 Å². The lowest BCUT2D eigenvalue weighted by molar-refractivity contribution is -0.121. The molecule has 3 rings (SSSR count). The molecule has 0 radical (unpaired) electrons. The zero-order valence-electron chi connectivity index (χ0n) is 15.7. The number of rotatable bonds is 8. The lowest BCUT2D eigenvalue weighted by Crippen LogP contribution is -2.34. The maximum Gasteiger partial charge on any atom is 0.259 e. The molecule has 7 heteroatoms. The Morgan fingerprint density at radius 1 is 1.27 bits per heavy atom. The molecular weight excluding hydrogens is 348 g/mol. The number of aromatic nitrogens is 2. The molecule has 0 spiro atoms. The molecule has 2 heterocycles. The minimum Gasteiger partial charge on any atom is -0.355 e. The number of amides is 1. The first kappa shape index (κ1) is 19.0. The average molecular weight is 377 g/mol. The summed E-state index contributed by atoms with van der Waals surface area (Å²) in [5.41, 5.74) is 1.15. The summed E-state index contributed by atoms with van der Waals surface area (Å²) in [5.74, 6) is 0.616. The molecule has 0 aliphatic heterocycles. The predicted octanol–water partition coefficient (Wildman–Crippen LogP) is 2.25. The highest BCUT2D eigenvalue weighted by atomic mass is 32.1. The van der Waals surface area contributed by atoms with Crippen LogP contribution in [-0.4, -0.2) is 47.0 Å². The van der Waals surface area contributed by atoms with Gasteiger partial charge < -0.3 is 15.2 Å². The summed E-state index contributed by atoms with van der Waals surface area (Å²) in [7, 11) is 0. The second kappa shape index (κ2) is 8.77. The second-order valence-corrected chi connectivity index (χ2v) is 7.86. The fourth-order valence-electron chi connectivity index (χ4n) is 3.54. The maximum atomic E-state index is 12.5. The van der Waals surface area contributed by atoms with Gasteiger partial charge in [0.25, 0.3) is 5.56 Å². The number of carbonyl (C=O) groups is 1. The van der Waals surface area contributed by atoms with E-state index in [1.54, 1.807) is 11.3 Å². The monoisotopic (exact) mass is 376 g/mol. The van der Waals surface area contributed by atoms with E-state index in [4.69, 9.17) is 0 Å². The summed E-state index contributed by atoms with van der Waals surface area (Å²) < 4.78 is 0. The third kappa shape index (κ3) is 4.32. The van der Waals surface area contributed by atoms with Crippen molar-refractivity contribution in [3.8, 4) is 0 Å². The lowest BCUT2D eigenvalue weighted by Gasteiger charge is -2.17. The lowest BCUT2D eigenvalue weighted by atomic mass is 9.97. The minimum atomic E-state index is -0.0497. The molecule has 2 aromatic heterocycles. The Morgan fingerprint density at radius 3 is 2.81 bits per heavy atom.